The molecule has 1 aliphatic heterocycles. The van der Waals surface area contributed by atoms with E-state index in [1.165, 1.54) is 0 Å². The highest BCUT2D eigenvalue weighted by Gasteiger charge is 2.34. The molecule has 5 rings (SSSR count). The maximum atomic E-state index is 14.1. The predicted octanol–water partition coefficient (Wildman–Crippen LogP) is 3.88. The van der Waals surface area contributed by atoms with Crippen LogP contribution in [-0.4, -0.2) is 60.2 Å². The highest BCUT2D eigenvalue weighted by Crippen LogP contribution is 2.30. The monoisotopic (exact) mass is 526 g/mol. The van der Waals surface area contributed by atoms with Gasteiger partial charge in [-0.3, -0.25) is 14.5 Å². The first-order valence-electron chi connectivity index (χ1n) is 13.2. The molecule has 2 heterocycles. The van der Waals surface area contributed by atoms with Crippen LogP contribution in [0.15, 0.2) is 72.8 Å². The van der Waals surface area contributed by atoms with Gasteiger partial charge in [0.15, 0.2) is 0 Å². The minimum Gasteiger partial charge on any atom is -0.378 e. The van der Waals surface area contributed by atoms with Gasteiger partial charge in [-0.1, -0.05) is 47.2 Å². The molecule has 4 aromatic rings. The number of hydrogen-bond donors (Lipinski definition) is 1. The maximum Gasteiger partial charge on any atom is 0.249 e. The molecule has 1 fully saturated rings. The lowest BCUT2D eigenvalue weighted by molar-refractivity contribution is -0.127. The number of ether oxygens (including phenoxy) is 1. The van der Waals surface area contributed by atoms with E-state index in [4.69, 9.17) is 4.74 Å². The van der Waals surface area contributed by atoms with Crippen molar-refractivity contribution in [2.75, 3.05) is 37.0 Å². The van der Waals surface area contributed by atoms with E-state index in [1.54, 1.807) is 9.58 Å². The molecule has 0 bridgehead atoms. The van der Waals surface area contributed by atoms with Crippen molar-refractivity contribution in [3.05, 3.63) is 83.9 Å². The molecule has 9 nitrogen and oxygen atoms in total. The zero-order valence-corrected chi connectivity index (χ0v) is 22.6. The molecule has 0 aliphatic carbocycles. The number of fused-ring (bicyclic) bond motifs is 1. The predicted molar refractivity (Wildman–Crippen MR) is 152 cm³/mol. The van der Waals surface area contributed by atoms with Crippen LogP contribution in [0.3, 0.4) is 0 Å². The van der Waals surface area contributed by atoms with Gasteiger partial charge in [0.25, 0.3) is 0 Å². The van der Waals surface area contributed by atoms with Gasteiger partial charge in [0.2, 0.25) is 11.8 Å². The molecule has 39 heavy (non-hydrogen) atoms. The number of para-hydroxylation sites is 1. The van der Waals surface area contributed by atoms with E-state index >= 15 is 0 Å². The summed E-state index contributed by atoms with van der Waals surface area (Å²) >= 11 is 0. The quantitative estimate of drug-likeness (QED) is 0.356. The summed E-state index contributed by atoms with van der Waals surface area (Å²) in [4.78, 5) is 31.6. The van der Waals surface area contributed by atoms with Crippen LogP contribution in [0, 0.1) is 6.92 Å². The molecular weight excluding hydrogens is 492 g/mol. The molecule has 9 heteroatoms. The number of aromatic nitrogens is 3. The normalized spacial score (nSPS) is 15.7. The lowest BCUT2D eigenvalue weighted by Crippen LogP contribution is -2.46. The van der Waals surface area contributed by atoms with Crippen LogP contribution < -0.4 is 15.1 Å². The molecule has 1 saturated heterocycles. The number of aryl methyl sites for hydroxylation is 1. The number of nitrogens with one attached hydrogen (secondary N) is 1. The lowest BCUT2D eigenvalue weighted by Gasteiger charge is -2.32. The second-order valence-electron chi connectivity index (χ2n) is 10.1. The molecule has 0 saturated carbocycles. The summed E-state index contributed by atoms with van der Waals surface area (Å²) in [7, 11) is 3.93. The van der Waals surface area contributed by atoms with E-state index in [-0.39, 0.29) is 24.5 Å². The Morgan fingerprint density at radius 3 is 2.44 bits per heavy atom. The van der Waals surface area contributed by atoms with Gasteiger partial charge in [-0.05, 0) is 61.7 Å². The minimum atomic E-state index is -0.896. The molecule has 2 atom stereocenters. The number of amides is 2. The number of rotatable bonds is 9. The fourth-order valence-electron chi connectivity index (χ4n) is 4.87. The zero-order valence-electron chi connectivity index (χ0n) is 22.6. The van der Waals surface area contributed by atoms with Crippen molar-refractivity contribution >= 4 is 34.2 Å². The van der Waals surface area contributed by atoms with Crippen LogP contribution in [-0.2, 0) is 20.9 Å². The van der Waals surface area contributed by atoms with E-state index in [1.807, 2.05) is 98.7 Å². The third kappa shape index (κ3) is 5.93. The number of hydrogen-bond acceptors (Lipinski definition) is 6. The van der Waals surface area contributed by atoms with Gasteiger partial charge in [0, 0.05) is 38.6 Å². The topological polar surface area (TPSA) is 92.6 Å². The van der Waals surface area contributed by atoms with E-state index < -0.39 is 6.04 Å². The Balaban J connectivity index is 1.54. The Morgan fingerprint density at radius 2 is 1.74 bits per heavy atom. The van der Waals surface area contributed by atoms with E-state index in [9.17, 15) is 9.59 Å². The average molecular weight is 527 g/mol. The van der Waals surface area contributed by atoms with Gasteiger partial charge in [-0.25, -0.2) is 4.68 Å². The smallest absolute Gasteiger partial charge is 0.249 e. The molecule has 1 N–H and O–H groups in total. The van der Waals surface area contributed by atoms with Gasteiger partial charge in [0.05, 0.1) is 11.6 Å². The second kappa shape index (κ2) is 11.7. The van der Waals surface area contributed by atoms with Gasteiger partial charge >= 0.3 is 0 Å². The summed E-state index contributed by atoms with van der Waals surface area (Å²) in [6.45, 7) is 3.02. The SMILES string of the molecule is Cc1ccc(N(C(=O)Cn2nnc3ccccc32)[C@H](C(=O)NC[C@@H]2CCCO2)c2ccc(N(C)C)cc2)cc1. The van der Waals surface area contributed by atoms with Crippen molar-refractivity contribution in [3.8, 4) is 0 Å². The molecular formula is C30H34N6O3. The van der Waals surface area contributed by atoms with Crippen molar-refractivity contribution < 1.29 is 14.3 Å². The third-order valence-corrected chi connectivity index (χ3v) is 7.05. The van der Waals surface area contributed by atoms with Gasteiger partial charge in [-0.15, -0.1) is 5.10 Å². The van der Waals surface area contributed by atoms with E-state index in [0.29, 0.717) is 29.9 Å². The third-order valence-electron chi connectivity index (χ3n) is 7.05. The molecule has 3 aromatic carbocycles. The molecule has 1 aromatic heterocycles. The first kappa shape index (κ1) is 26.4. The minimum absolute atomic E-state index is 0.0178. The van der Waals surface area contributed by atoms with Crippen LogP contribution in [0.5, 0.6) is 0 Å². The van der Waals surface area contributed by atoms with Crippen LogP contribution in [0.1, 0.15) is 30.0 Å². The number of benzene rings is 3. The number of carbonyl (C=O) groups is 2. The first-order valence-corrected chi connectivity index (χ1v) is 13.2. The number of anilines is 2. The van der Waals surface area contributed by atoms with Crippen molar-refractivity contribution in [1.29, 1.82) is 0 Å². The second-order valence-corrected chi connectivity index (χ2v) is 10.1. The Bertz CT molecular complexity index is 1430. The molecule has 1 aliphatic rings. The molecule has 0 spiro atoms. The maximum absolute atomic E-state index is 14.1. The van der Waals surface area contributed by atoms with Crippen LogP contribution in [0.4, 0.5) is 11.4 Å². The summed E-state index contributed by atoms with van der Waals surface area (Å²) in [5.74, 6) is -0.538. The lowest BCUT2D eigenvalue weighted by atomic mass is 10.0. The summed E-state index contributed by atoms with van der Waals surface area (Å²) in [6, 6.07) is 22.0. The van der Waals surface area contributed by atoms with Crippen molar-refractivity contribution in [2.45, 2.75) is 38.5 Å². The first-order chi connectivity index (χ1) is 18.9. The molecule has 0 radical (unpaired) electrons. The van der Waals surface area contributed by atoms with Crippen molar-refractivity contribution in [3.63, 3.8) is 0 Å². The molecule has 202 valence electrons. The summed E-state index contributed by atoms with van der Waals surface area (Å²) in [5.41, 5.74) is 4.86. The Labute approximate surface area is 228 Å². The standard InChI is InChI=1S/C30H34N6O3/c1-21-10-14-24(15-11-21)36(28(37)20-35-27-9-5-4-8-26(27)32-33-35)29(22-12-16-23(17-13-22)34(2)3)30(38)31-19-25-7-6-18-39-25/h4-5,8-17,25,29H,6-7,18-20H2,1-3H3,(H,31,38)/t25-,29-/m0/s1. The fourth-order valence-corrected chi connectivity index (χ4v) is 4.87. The molecule has 0 unspecified atom stereocenters. The molecule has 2 amide bonds. The summed E-state index contributed by atoms with van der Waals surface area (Å²) in [6.07, 6.45) is 1.87. The van der Waals surface area contributed by atoms with E-state index in [2.05, 4.69) is 15.6 Å². The Kier molecular flexibility index (Phi) is 7.88. The zero-order chi connectivity index (χ0) is 27.4. The van der Waals surface area contributed by atoms with Gasteiger partial charge < -0.3 is 15.0 Å². The fraction of sp³-hybridized carbons (Fsp3) is 0.333. The number of carbonyl (C=O) groups excluding carboxylic acids is 2. The van der Waals surface area contributed by atoms with Crippen molar-refractivity contribution in [1.82, 2.24) is 20.3 Å². The van der Waals surface area contributed by atoms with Crippen LogP contribution in [0.25, 0.3) is 11.0 Å². The Hall–Kier alpha value is -4.24. The van der Waals surface area contributed by atoms with Crippen LogP contribution in [0.2, 0.25) is 0 Å². The van der Waals surface area contributed by atoms with Crippen LogP contribution >= 0.6 is 0 Å². The summed E-state index contributed by atoms with van der Waals surface area (Å²) in [5, 5.41) is 11.5. The highest BCUT2D eigenvalue weighted by molar-refractivity contribution is 6.01. The highest BCUT2D eigenvalue weighted by atomic mass is 16.5. The largest absolute Gasteiger partial charge is 0.378 e. The summed E-state index contributed by atoms with van der Waals surface area (Å²) < 4.78 is 7.31. The van der Waals surface area contributed by atoms with Gasteiger partial charge in [0.1, 0.15) is 18.1 Å². The van der Waals surface area contributed by atoms with Gasteiger partial charge in [-0.2, -0.15) is 0 Å². The van der Waals surface area contributed by atoms with E-state index in [0.717, 1.165) is 29.6 Å². The van der Waals surface area contributed by atoms with Crippen molar-refractivity contribution in [2.24, 2.45) is 0 Å². The number of nitrogens with zero attached hydrogens (tertiary/aromatic N) is 5. The Morgan fingerprint density at radius 1 is 1.03 bits per heavy atom. The average Bonchev–Trinajstić information content (AvgIpc) is 3.61.